The first-order valence-corrected chi connectivity index (χ1v) is 14.3. The number of aliphatic hydroxyl groups is 1. The molecule has 0 unspecified atom stereocenters. The summed E-state index contributed by atoms with van der Waals surface area (Å²) in [5.74, 6) is 1.66. The highest BCUT2D eigenvalue weighted by molar-refractivity contribution is 7.89. The molecule has 0 bridgehead atoms. The molecule has 2 fully saturated rings. The molecule has 2 aromatic carbocycles. The Kier molecular flexibility index (Phi) is 6.33. The van der Waals surface area contributed by atoms with Crippen molar-refractivity contribution >= 4 is 21.7 Å². The van der Waals surface area contributed by atoms with Gasteiger partial charge in [0.2, 0.25) is 15.9 Å². The van der Waals surface area contributed by atoms with Crippen molar-refractivity contribution in [3.8, 4) is 22.8 Å². The number of carbonyl (C=O) groups is 1. The number of hydrogen-bond acceptors (Lipinski definition) is 7. The van der Waals surface area contributed by atoms with E-state index in [2.05, 4.69) is 10.3 Å². The van der Waals surface area contributed by atoms with E-state index >= 15 is 0 Å². The summed E-state index contributed by atoms with van der Waals surface area (Å²) in [5, 5.41) is 12.5. The van der Waals surface area contributed by atoms with E-state index in [4.69, 9.17) is 9.47 Å². The van der Waals surface area contributed by atoms with Crippen LogP contribution in [0.4, 0.5) is 5.82 Å². The van der Waals surface area contributed by atoms with Gasteiger partial charge in [0.25, 0.3) is 0 Å². The summed E-state index contributed by atoms with van der Waals surface area (Å²) in [7, 11) is -3.69. The van der Waals surface area contributed by atoms with Gasteiger partial charge in [0, 0.05) is 21.0 Å². The van der Waals surface area contributed by atoms with Crippen molar-refractivity contribution in [2.45, 2.75) is 42.0 Å². The Morgan fingerprint density at radius 1 is 1.08 bits per heavy atom. The number of pyridine rings is 1. The van der Waals surface area contributed by atoms with Crippen molar-refractivity contribution in [1.29, 1.82) is 0 Å². The first-order valence-electron chi connectivity index (χ1n) is 12.8. The fourth-order valence-electron chi connectivity index (χ4n) is 5.26. The lowest BCUT2D eigenvalue weighted by Gasteiger charge is -2.22. The minimum atomic E-state index is -3.69. The number of anilines is 1. The minimum absolute atomic E-state index is 0. The third kappa shape index (κ3) is 4.42. The molecule has 1 saturated carbocycles. The third-order valence-electron chi connectivity index (χ3n) is 7.56. The second-order valence-corrected chi connectivity index (χ2v) is 11.8. The van der Waals surface area contributed by atoms with Gasteiger partial charge in [0.15, 0.2) is 11.5 Å². The average Bonchev–Trinajstić information content (AvgIpc) is 3.62. The molecule has 1 amide bonds. The normalized spacial score (nSPS) is 20.2. The second-order valence-electron chi connectivity index (χ2n) is 9.92. The van der Waals surface area contributed by atoms with Crippen LogP contribution in [0.2, 0.25) is 0 Å². The highest BCUT2D eigenvalue weighted by atomic mass is 32.2. The Labute approximate surface area is 224 Å². The molecule has 3 heterocycles. The summed E-state index contributed by atoms with van der Waals surface area (Å²) in [6.07, 6.45) is 2.87. The van der Waals surface area contributed by atoms with Crippen LogP contribution in [-0.4, -0.2) is 61.1 Å². The van der Waals surface area contributed by atoms with Gasteiger partial charge in [-0.3, -0.25) is 4.79 Å². The number of carbonyl (C=O) groups excluding carboxylic acids is 1. The first kappa shape index (κ1) is 24.8. The van der Waals surface area contributed by atoms with E-state index in [1.807, 2.05) is 30.3 Å². The number of aromatic nitrogens is 1. The van der Waals surface area contributed by atoms with Crippen molar-refractivity contribution in [2.24, 2.45) is 0 Å². The molecule has 0 radical (unpaired) electrons. The molecule has 3 aliphatic rings. The zero-order valence-electron chi connectivity index (χ0n) is 20.8. The van der Waals surface area contributed by atoms with Crippen molar-refractivity contribution in [2.75, 3.05) is 31.7 Å². The van der Waals surface area contributed by atoms with Crippen molar-refractivity contribution < 1.29 is 30.6 Å². The Balaban J connectivity index is 0.00000185. The molecular formula is C28H33N3O6S. The molecule has 1 aromatic heterocycles. The molecule has 1 aliphatic carbocycles. The molecular weight excluding hydrogens is 506 g/mol. The van der Waals surface area contributed by atoms with E-state index in [0.29, 0.717) is 49.2 Å². The largest absolute Gasteiger partial charge is 0.486 e. The van der Waals surface area contributed by atoms with Crippen LogP contribution < -0.4 is 14.8 Å². The topological polar surface area (TPSA) is 118 Å². The van der Waals surface area contributed by atoms with E-state index in [9.17, 15) is 18.3 Å². The van der Waals surface area contributed by atoms with Gasteiger partial charge >= 0.3 is 0 Å². The van der Waals surface area contributed by atoms with E-state index in [-0.39, 0.29) is 26.3 Å². The van der Waals surface area contributed by atoms with E-state index < -0.39 is 15.4 Å². The van der Waals surface area contributed by atoms with Crippen LogP contribution in [0.15, 0.2) is 65.6 Å². The predicted molar refractivity (Wildman–Crippen MR) is 145 cm³/mol. The maximum atomic E-state index is 13.3. The second kappa shape index (κ2) is 9.68. The molecule has 9 nitrogen and oxygen atoms in total. The molecule has 1 atom stereocenters. The number of sulfonamides is 1. The third-order valence-corrected chi connectivity index (χ3v) is 9.53. The monoisotopic (exact) mass is 539 g/mol. The fourth-order valence-corrected chi connectivity index (χ4v) is 6.94. The number of ether oxygens (including phenoxy) is 2. The lowest BCUT2D eigenvalue weighted by atomic mass is 9.94. The van der Waals surface area contributed by atoms with Gasteiger partial charge < -0.3 is 19.9 Å². The van der Waals surface area contributed by atoms with Crippen LogP contribution in [0.25, 0.3) is 11.3 Å². The number of aliphatic hydroxyl groups excluding tert-OH is 1. The number of hydrogen-bond donors (Lipinski definition) is 2. The molecule has 6 rings (SSSR count). The van der Waals surface area contributed by atoms with Gasteiger partial charge in [0.05, 0.1) is 22.6 Å². The number of rotatable bonds is 7. The Bertz CT molecular complexity index is 1480. The van der Waals surface area contributed by atoms with Crippen LogP contribution in [0.3, 0.4) is 0 Å². The number of fused-ring (bicyclic) bond motifs is 1. The zero-order chi connectivity index (χ0) is 26.3. The van der Waals surface area contributed by atoms with Gasteiger partial charge in [-0.15, -0.1) is 0 Å². The summed E-state index contributed by atoms with van der Waals surface area (Å²) in [5.41, 5.74) is 1.62. The van der Waals surface area contributed by atoms with Gasteiger partial charge in [-0.2, -0.15) is 4.31 Å². The van der Waals surface area contributed by atoms with Gasteiger partial charge in [-0.25, -0.2) is 13.4 Å². The van der Waals surface area contributed by atoms with Crippen LogP contribution in [0.1, 0.15) is 34.1 Å². The molecule has 3 aromatic rings. The smallest absolute Gasteiger partial charge is 0.243 e. The highest BCUT2D eigenvalue weighted by Crippen LogP contribution is 2.50. The van der Waals surface area contributed by atoms with Crippen LogP contribution >= 0.6 is 0 Å². The molecule has 1 saturated heterocycles. The minimum Gasteiger partial charge on any atom is -0.486 e. The van der Waals surface area contributed by atoms with Gasteiger partial charge in [-0.1, -0.05) is 24.3 Å². The average molecular weight is 540 g/mol. The number of nitrogens with zero attached hydrogens (tertiary/aromatic N) is 2. The zero-order valence-corrected chi connectivity index (χ0v) is 21.6. The summed E-state index contributed by atoms with van der Waals surface area (Å²) < 4.78 is 38.8. The molecule has 202 valence electrons. The maximum absolute atomic E-state index is 13.3. The molecule has 0 spiro atoms. The summed E-state index contributed by atoms with van der Waals surface area (Å²) >= 11 is 0. The van der Waals surface area contributed by atoms with Crippen molar-refractivity contribution in [3.63, 3.8) is 0 Å². The van der Waals surface area contributed by atoms with Gasteiger partial charge in [-0.05, 0) is 67.6 Å². The highest BCUT2D eigenvalue weighted by Gasteiger charge is 2.51. The Morgan fingerprint density at radius 2 is 1.84 bits per heavy atom. The SMILES string of the molecule is O=C(Nc1cccc(-c2ccc(S(=O)(=O)N3CCC[C@@H]3CO)cc2)n1)C1(c2ccc3c(c2)OCCO3)CC1.[HH].[HH]. The lowest BCUT2D eigenvalue weighted by molar-refractivity contribution is -0.118. The molecule has 10 heteroatoms. The van der Waals surface area contributed by atoms with Gasteiger partial charge in [0.1, 0.15) is 19.0 Å². The number of amides is 1. The Morgan fingerprint density at radius 3 is 2.58 bits per heavy atom. The fraction of sp³-hybridized carbons (Fsp3) is 0.357. The number of benzene rings is 2. The predicted octanol–water partition coefficient (Wildman–Crippen LogP) is 3.83. The van der Waals surface area contributed by atoms with Crippen LogP contribution in [0.5, 0.6) is 11.5 Å². The van der Waals surface area contributed by atoms with Crippen molar-refractivity contribution in [1.82, 2.24) is 9.29 Å². The van der Waals surface area contributed by atoms with E-state index in [1.165, 1.54) is 4.31 Å². The standard InChI is InChI=1S/C28H29N3O6S.2H2/c32-18-21-3-2-14-31(21)38(34,35)22-9-6-19(7-10-22)23-4-1-5-26(29-23)30-27(33)28(12-13-28)20-8-11-24-25(17-20)37-16-15-36-24;;/h1,4-11,17,21,32H,2-3,12-16,18H2,(H,29,30,33);2*1H/t21-;;/m1../s1. The maximum Gasteiger partial charge on any atom is 0.243 e. The van der Waals surface area contributed by atoms with Crippen molar-refractivity contribution in [3.05, 3.63) is 66.2 Å². The summed E-state index contributed by atoms with van der Waals surface area (Å²) in [6.45, 7) is 1.23. The molecule has 2 N–H and O–H groups in total. The lowest BCUT2D eigenvalue weighted by Crippen LogP contribution is -2.37. The Hall–Kier alpha value is -3.47. The summed E-state index contributed by atoms with van der Waals surface area (Å²) in [4.78, 5) is 18.1. The summed E-state index contributed by atoms with van der Waals surface area (Å²) in [6, 6.07) is 17.2. The number of nitrogens with one attached hydrogen (secondary N) is 1. The van der Waals surface area contributed by atoms with Crippen LogP contribution in [-0.2, 0) is 20.2 Å². The van der Waals surface area contributed by atoms with Crippen LogP contribution in [0, 0.1) is 0 Å². The molecule has 38 heavy (non-hydrogen) atoms. The van der Waals surface area contributed by atoms with E-state index in [0.717, 1.165) is 30.4 Å². The van der Waals surface area contributed by atoms with E-state index in [1.54, 1.807) is 30.3 Å². The first-order chi connectivity index (χ1) is 18.4. The quantitative estimate of drug-likeness (QED) is 0.469. The molecule has 2 aliphatic heterocycles.